The van der Waals surface area contributed by atoms with Crippen LogP contribution < -0.4 is 10.6 Å². The maximum Gasteiger partial charge on any atom is 0.191 e. The predicted octanol–water partition coefficient (Wildman–Crippen LogP) is 4.07. The molecule has 0 fully saturated rings. The van der Waals surface area contributed by atoms with E-state index in [1.807, 2.05) is 6.92 Å². The molecule has 0 saturated carbocycles. The summed E-state index contributed by atoms with van der Waals surface area (Å²) in [6.45, 7) is 5.61. The Morgan fingerprint density at radius 1 is 1.33 bits per heavy atom. The van der Waals surface area contributed by atoms with Gasteiger partial charge in [0.2, 0.25) is 0 Å². The van der Waals surface area contributed by atoms with Crippen molar-refractivity contribution in [2.45, 2.75) is 26.9 Å². The number of halogens is 2. The summed E-state index contributed by atoms with van der Waals surface area (Å²) >= 11 is 6.90. The van der Waals surface area contributed by atoms with E-state index in [9.17, 15) is 0 Å². The molecule has 0 aromatic carbocycles. The van der Waals surface area contributed by atoms with Crippen LogP contribution in [0.25, 0.3) is 0 Å². The molecule has 0 bridgehead atoms. The average molecular weight is 501 g/mol. The van der Waals surface area contributed by atoms with Crippen molar-refractivity contribution in [2.24, 2.45) is 4.99 Å². The molecule has 0 aliphatic carbocycles. The summed E-state index contributed by atoms with van der Waals surface area (Å²) in [7, 11) is 1.78. The zero-order valence-electron chi connectivity index (χ0n) is 12.1. The van der Waals surface area contributed by atoms with Crippen LogP contribution in [0.3, 0.4) is 0 Å². The molecule has 2 aromatic rings. The minimum atomic E-state index is 0. The van der Waals surface area contributed by atoms with Gasteiger partial charge in [0.15, 0.2) is 5.96 Å². The fourth-order valence-electron chi connectivity index (χ4n) is 1.61. The number of rotatable bonds is 4. The zero-order chi connectivity index (χ0) is 14.5. The van der Waals surface area contributed by atoms with E-state index >= 15 is 0 Å². The van der Waals surface area contributed by atoms with Crippen molar-refractivity contribution in [3.63, 3.8) is 0 Å². The first-order valence-corrected chi connectivity index (χ1v) is 8.67. The van der Waals surface area contributed by atoms with Crippen molar-refractivity contribution in [3.8, 4) is 0 Å². The van der Waals surface area contributed by atoms with Crippen molar-refractivity contribution in [2.75, 3.05) is 7.05 Å². The Bertz CT molecular complexity index is 590. The lowest BCUT2D eigenvalue weighted by molar-refractivity contribution is 0.809. The largest absolute Gasteiger partial charge is 0.352 e. The SMILES string of the molecule is CN=C(NCc1cc(Br)cs1)NCc1nc(C)c(C)s1.I. The molecule has 2 aromatic heterocycles. The molecule has 116 valence electrons. The van der Waals surface area contributed by atoms with Crippen LogP contribution in [0, 0.1) is 13.8 Å². The van der Waals surface area contributed by atoms with Gasteiger partial charge in [-0.3, -0.25) is 4.99 Å². The average Bonchev–Trinajstić information content (AvgIpc) is 2.97. The summed E-state index contributed by atoms with van der Waals surface area (Å²) in [5.41, 5.74) is 1.11. The Hall–Kier alpha value is -0.190. The van der Waals surface area contributed by atoms with Crippen molar-refractivity contribution < 1.29 is 0 Å². The minimum Gasteiger partial charge on any atom is -0.352 e. The second-order valence-electron chi connectivity index (χ2n) is 4.26. The smallest absolute Gasteiger partial charge is 0.191 e. The molecule has 0 amide bonds. The summed E-state index contributed by atoms with van der Waals surface area (Å²) in [6, 6.07) is 2.11. The summed E-state index contributed by atoms with van der Waals surface area (Å²) in [4.78, 5) is 11.3. The molecule has 0 spiro atoms. The van der Waals surface area contributed by atoms with E-state index in [1.165, 1.54) is 9.75 Å². The van der Waals surface area contributed by atoms with Gasteiger partial charge in [-0.25, -0.2) is 4.98 Å². The number of hydrogen-bond donors (Lipinski definition) is 2. The molecule has 21 heavy (non-hydrogen) atoms. The quantitative estimate of drug-likeness (QED) is 0.378. The van der Waals surface area contributed by atoms with E-state index in [0.717, 1.165) is 27.7 Å². The fraction of sp³-hybridized carbons (Fsp3) is 0.385. The number of thiophene rings is 1. The van der Waals surface area contributed by atoms with Gasteiger partial charge >= 0.3 is 0 Å². The molecule has 0 radical (unpaired) electrons. The molecule has 4 nitrogen and oxygen atoms in total. The third-order valence-electron chi connectivity index (χ3n) is 2.76. The molecule has 2 rings (SSSR count). The Labute approximate surface area is 158 Å². The van der Waals surface area contributed by atoms with Gasteiger partial charge in [-0.1, -0.05) is 0 Å². The second-order valence-corrected chi connectivity index (χ2v) is 7.46. The van der Waals surface area contributed by atoms with Crippen molar-refractivity contribution in [1.82, 2.24) is 15.6 Å². The van der Waals surface area contributed by atoms with Crippen LogP contribution in [-0.2, 0) is 13.1 Å². The highest BCUT2D eigenvalue weighted by Crippen LogP contribution is 2.19. The third kappa shape index (κ3) is 5.84. The number of guanidine groups is 1. The molecule has 2 N–H and O–H groups in total. The first-order valence-electron chi connectivity index (χ1n) is 6.19. The highest BCUT2D eigenvalue weighted by Gasteiger charge is 2.05. The van der Waals surface area contributed by atoms with E-state index in [0.29, 0.717) is 6.54 Å². The van der Waals surface area contributed by atoms with Crippen molar-refractivity contribution in [3.05, 3.63) is 36.4 Å². The molecule has 0 saturated heterocycles. The molecule has 0 atom stereocenters. The minimum absolute atomic E-state index is 0. The van der Waals surface area contributed by atoms with Gasteiger partial charge in [-0.15, -0.1) is 46.7 Å². The fourth-order valence-corrected chi connectivity index (χ4v) is 3.88. The lowest BCUT2D eigenvalue weighted by Gasteiger charge is -2.09. The van der Waals surface area contributed by atoms with Crippen LogP contribution >= 0.6 is 62.6 Å². The normalized spacial score (nSPS) is 11.1. The zero-order valence-corrected chi connectivity index (χ0v) is 17.6. The van der Waals surface area contributed by atoms with Crippen LogP contribution in [-0.4, -0.2) is 18.0 Å². The van der Waals surface area contributed by atoms with Gasteiger partial charge in [0.25, 0.3) is 0 Å². The lowest BCUT2D eigenvalue weighted by Crippen LogP contribution is -2.36. The topological polar surface area (TPSA) is 49.3 Å². The highest BCUT2D eigenvalue weighted by atomic mass is 127. The number of nitrogens with zero attached hydrogens (tertiary/aromatic N) is 2. The maximum atomic E-state index is 4.51. The summed E-state index contributed by atoms with van der Waals surface area (Å²) in [6.07, 6.45) is 0. The third-order valence-corrected chi connectivity index (χ3v) is 5.53. The molecule has 8 heteroatoms. The van der Waals surface area contributed by atoms with Gasteiger partial charge in [0.05, 0.1) is 18.8 Å². The van der Waals surface area contributed by atoms with Crippen LogP contribution in [0.5, 0.6) is 0 Å². The molecule has 0 unspecified atom stereocenters. The monoisotopic (exact) mass is 500 g/mol. The molecule has 2 heterocycles. The molecular formula is C13H18BrIN4S2. The lowest BCUT2D eigenvalue weighted by atomic mass is 10.4. The van der Waals surface area contributed by atoms with Gasteiger partial charge in [0.1, 0.15) is 5.01 Å². The van der Waals surface area contributed by atoms with E-state index in [-0.39, 0.29) is 24.0 Å². The Kier molecular flexibility index (Phi) is 8.14. The summed E-state index contributed by atoms with van der Waals surface area (Å²) in [5.74, 6) is 0.792. The Balaban J connectivity index is 0.00000220. The number of aryl methyl sites for hydroxylation is 2. The highest BCUT2D eigenvalue weighted by molar-refractivity contribution is 14.0. The summed E-state index contributed by atoms with van der Waals surface area (Å²) in [5, 5.41) is 9.74. The number of nitrogens with one attached hydrogen (secondary N) is 2. The molecule has 0 aliphatic rings. The predicted molar refractivity (Wildman–Crippen MR) is 106 cm³/mol. The first kappa shape index (κ1) is 18.9. The first-order chi connectivity index (χ1) is 9.58. The molecule has 0 aliphatic heterocycles. The van der Waals surface area contributed by atoms with Crippen molar-refractivity contribution >= 4 is 68.5 Å². The van der Waals surface area contributed by atoms with E-state index < -0.39 is 0 Å². The van der Waals surface area contributed by atoms with E-state index in [1.54, 1.807) is 29.7 Å². The van der Waals surface area contributed by atoms with Crippen molar-refractivity contribution in [1.29, 1.82) is 0 Å². The Morgan fingerprint density at radius 2 is 2.05 bits per heavy atom. The standard InChI is InChI=1S/C13H17BrN4S2.HI/c1-8-9(2)20-12(18-8)6-17-13(15-3)16-5-11-4-10(14)7-19-11;/h4,7H,5-6H2,1-3H3,(H2,15,16,17);1H. The Morgan fingerprint density at radius 3 is 2.57 bits per heavy atom. The van der Waals surface area contributed by atoms with E-state index in [4.69, 9.17) is 0 Å². The number of aromatic nitrogens is 1. The van der Waals surface area contributed by atoms with Gasteiger partial charge in [-0.05, 0) is 35.8 Å². The van der Waals surface area contributed by atoms with Gasteiger partial charge in [0, 0.05) is 26.7 Å². The second kappa shape index (κ2) is 9.06. The van der Waals surface area contributed by atoms with Crippen LogP contribution in [0.4, 0.5) is 0 Å². The van der Waals surface area contributed by atoms with Crippen LogP contribution in [0.15, 0.2) is 20.9 Å². The summed E-state index contributed by atoms with van der Waals surface area (Å²) < 4.78 is 1.12. The maximum absolute atomic E-state index is 4.51. The van der Waals surface area contributed by atoms with E-state index in [2.05, 4.69) is 54.9 Å². The number of thiazole rings is 1. The van der Waals surface area contributed by atoms with Gasteiger partial charge in [-0.2, -0.15) is 0 Å². The molecular weight excluding hydrogens is 483 g/mol. The van der Waals surface area contributed by atoms with Crippen LogP contribution in [0.1, 0.15) is 20.5 Å². The number of hydrogen-bond acceptors (Lipinski definition) is 4. The van der Waals surface area contributed by atoms with Gasteiger partial charge < -0.3 is 10.6 Å². The number of aliphatic imine (C=N–C) groups is 1. The van der Waals surface area contributed by atoms with Crippen LogP contribution in [0.2, 0.25) is 0 Å².